The van der Waals surface area contributed by atoms with Crippen molar-refractivity contribution in [1.29, 1.82) is 0 Å². The lowest BCUT2D eigenvalue weighted by Crippen LogP contribution is -2.20. The summed E-state index contributed by atoms with van der Waals surface area (Å²) < 4.78 is 6.18. The van der Waals surface area contributed by atoms with E-state index in [9.17, 15) is 0 Å². The predicted octanol–water partition coefficient (Wildman–Crippen LogP) is 3.68. The summed E-state index contributed by atoms with van der Waals surface area (Å²) in [5.41, 5.74) is 2.37. The van der Waals surface area contributed by atoms with Crippen LogP contribution in [0.5, 0.6) is 5.75 Å². The Morgan fingerprint density at radius 3 is 2.75 bits per heavy atom. The first-order chi connectivity index (χ1) is 7.54. The van der Waals surface area contributed by atoms with Crippen molar-refractivity contribution in [3.05, 3.63) is 40.4 Å². The van der Waals surface area contributed by atoms with Gasteiger partial charge in [-0.25, -0.2) is 0 Å². The molecule has 1 N–H and O–H groups in total. The Balaban J connectivity index is 2.72. The first-order valence-corrected chi connectivity index (χ1v) is 6.05. The number of hydrogen-bond acceptors (Lipinski definition) is 2. The van der Waals surface area contributed by atoms with Gasteiger partial charge in [0.25, 0.3) is 0 Å². The molecule has 0 bridgehead atoms. The van der Waals surface area contributed by atoms with Crippen LogP contribution in [0.15, 0.2) is 34.8 Å². The minimum atomic E-state index is 0.305. The van der Waals surface area contributed by atoms with Gasteiger partial charge in [0, 0.05) is 12.6 Å². The second-order valence-electron chi connectivity index (χ2n) is 3.95. The molecule has 2 nitrogen and oxygen atoms in total. The fraction of sp³-hybridized carbons (Fsp3) is 0.385. The lowest BCUT2D eigenvalue weighted by Gasteiger charge is -2.15. The molecule has 0 fully saturated rings. The maximum absolute atomic E-state index is 5.20. The lowest BCUT2D eigenvalue weighted by atomic mass is 10.1. The van der Waals surface area contributed by atoms with Gasteiger partial charge >= 0.3 is 0 Å². The zero-order valence-corrected chi connectivity index (χ0v) is 11.6. The van der Waals surface area contributed by atoms with Crippen LogP contribution in [-0.4, -0.2) is 13.7 Å². The van der Waals surface area contributed by atoms with Crippen LogP contribution < -0.4 is 10.1 Å². The van der Waals surface area contributed by atoms with Gasteiger partial charge in [0.05, 0.1) is 11.6 Å². The smallest absolute Gasteiger partial charge is 0.133 e. The third-order valence-corrected chi connectivity index (χ3v) is 3.01. The Morgan fingerprint density at radius 1 is 1.56 bits per heavy atom. The van der Waals surface area contributed by atoms with Crippen LogP contribution in [0.4, 0.5) is 0 Å². The zero-order valence-electron chi connectivity index (χ0n) is 10.0. The van der Waals surface area contributed by atoms with E-state index in [2.05, 4.69) is 46.9 Å². The van der Waals surface area contributed by atoms with Gasteiger partial charge in [-0.15, -0.1) is 0 Å². The van der Waals surface area contributed by atoms with Crippen molar-refractivity contribution in [2.45, 2.75) is 19.9 Å². The topological polar surface area (TPSA) is 21.3 Å². The molecule has 3 heteroatoms. The van der Waals surface area contributed by atoms with Crippen LogP contribution in [-0.2, 0) is 0 Å². The molecule has 1 unspecified atom stereocenters. The van der Waals surface area contributed by atoms with Crippen LogP contribution in [0, 0.1) is 0 Å². The van der Waals surface area contributed by atoms with Crippen LogP contribution in [0.2, 0.25) is 0 Å². The van der Waals surface area contributed by atoms with Gasteiger partial charge in [-0.2, -0.15) is 0 Å². The van der Waals surface area contributed by atoms with Crippen LogP contribution in [0.1, 0.15) is 25.5 Å². The molecule has 16 heavy (non-hydrogen) atoms. The molecule has 0 radical (unpaired) electrons. The summed E-state index contributed by atoms with van der Waals surface area (Å²) in [6.45, 7) is 8.87. The van der Waals surface area contributed by atoms with E-state index in [4.69, 9.17) is 4.74 Å². The Kier molecular flexibility index (Phi) is 5.03. The third kappa shape index (κ3) is 3.65. The second kappa shape index (κ2) is 6.06. The van der Waals surface area contributed by atoms with Gasteiger partial charge in [-0.05, 0) is 47.5 Å². The maximum Gasteiger partial charge on any atom is 0.133 e. The number of nitrogens with one attached hydrogen (secondary N) is 1. The number of rotatable bonds is 5. The highest BCUT2D eigenvalue weighted by molar-refractivity contribution is 9.10. The van der Waals surface area contributed by atoms with Crippen LogP contribution in [0.3, 0.4) is 0 Å². The molecule has 0 amide bonds. The average Bonchev–Trinajstić information content (AvgIpc) is 2.25. The summed E-state index contributed by atoms with van der Waals surface area (Å²) in [5, 5.41) is 3.40. The molecule has 0 heterocycles. The first-order valence-electron chi connectivity index (χ1n) is 5.25. The number of ether oxygens (including phenoxy) is 1. The standard InChI is InChI=1S/C13H18BrNO/c1-9(2)8-15-10(3)11-5-6-13(16-4)12(14)7-11/h5-7,10,15H,1,8H2,2-4H3. The van der Waals surface area contributed by atoms with Gasteiger partial charge in [0.2, 0.25) is 0 Å². The number of methoxy groups -OCH3 is 1. The highest BCUT2D eigenvalue weighted by atomic mass is 79.9. The van der Waals surface area contributed by atoms with E-state index in [-0.39, 0.29) is 0 Å². The van der Waals surface area contributed by atoms with E-state index in [0.29, 0.717) is 6.04 Å². The number of benzene rings is 1. The molecule has 1 atom stereocenters. The number of halogens is 1. The summed E-state index contributed by atoms with van der Waals surface area (Å²) >= 11 is 3.49. The van der Waals surface area contributed by atoms with Crippen molar-refractivity contribution in [2.24, 2.45) is 0 Å². The number of hydrogen-bond donors (Lipinski definition) is 1. The highest BCUT2D eigenvalue weighted by Crippen LogP contribution is 2.27. The fourth-order valence-corrected chi connectivity index (χ4v) is 1.96. The Morgan fingerprint density at radius 2 is 2.25 bits per heavy atom. The quantitative estimate of drug-likeness (QED) is 0.833. The summed E-state index contributed by atoms with van der Waals surface area (Å²) in [7, 11) is 1.67. The first kappa shape index (κ1) is 13.3. The van der Waals surface area contributed by atoms with Crippen molar-refractivity contribution in [1.82, 2.24) is 5.32 Å². The Labute approximate surface area is 106 Å². The molecule has 88 valence electrons. The molecule has 1 aromatic rings. The second-order valence-corrected chi connectivity index (χ2v) is 4.81. The van der Waals surface area contributed by atoms with Crippen molar-refractivity contribution < 1.29 is 4.74 Å². The summed E-state index contributed by atoms with van der Waals surface area (Å²) in [6, 6.07) is 6.42. The molecular formula is C13H18BrNO. The molecule has 1 rings (SSSR count). The summed E-state index contributed by atoms with van der Waals surface area (Å²) in [6.07, 6.45) is 0. The molecule has 1 aromatic carbocycles. The van der Waals surface area contributed by atoms with Gasteiger partial charge in [-0.3, -0.25) is 0 Å². The van der Waals surface area contributed by atoms with E-state index in [1.807, 2.05) is 13.0 Å². The minimum Gasteiger partial charge on any atom is -0.496 e. The normalized spacial score (nSPS) is 12.2. The predicted molar refractivity (Wildman–Crippen MR) is 71.9 cm³/mol. The van der Waals surface area contributed by atoms with Gasteiger partial charge in [-0.1, -0.05) is 18.2 Å². The van der Waals surface area contributed by atoms with Gasteiger partial charge < -0.3 is 10.1 Å². The summed E-state index contributed by atoms with van der Waals surface area (Å²) in [4.78, 5) is 0. The molecule has 0 aliphatic heterocycles. The van der Waals surface area contributed by atoms with E-state index in [1.165, 1.54) is 5.56 Å². The minimum absolute atomic E-state index is 0.305. The van der Waals surface area contributed by atoms with E-state index in [0.717, 1.165) is 22.3 Å². The maximum atomic E-state index is 5.20. The van der Waals surface area contributed by atoms with Crippen molar-refractivity contribution in [3.8, 4) is 5.75 Å². The lowest BCUT2D eigenvalue weighted by molar-refractivity contribution is 0.411. The van der Waals surface area contributed by atoms with E-state index >= 15 is 0 Å². The fourth-order valence-electron chi connectivity index (χ4n) is 1.40. The molecule has 0 aliphatic rings. The molecule has 0 aromatic heterocycles. The van der Waals surface area contributed by atoms with Crippen LogP contribution in [0.25, 0.3) is 0 Å². The summed E-state index contributed by atoms with van der Waals surface area (Å²) in [5.74, 6) is 0.857. The van der Waals surface area contributed by atoms with Crippen LogP contribution >= 0.6 is 15.9 Å². The Bertz CT molecular complexity index is 376. The zero-order chi connectivity index (χ0) is 12.1. The van der Waals surface area contributed by atoms with Crippen molar-refractivity contribution >= 4 is 15.9 Å². The van der Waals surface area contributed by atoms with E-state index in [1.54, 1.807) is 7.11 Å². The molecular weight excluding hydrogens is 266 g/mol. The molecule has 0 aliphatic carbocycles. The van der Waals surface area contributed by atoms with Gasteiger partial charge in [0.1, 0.15) is 5.75 Å². The average molecular weight is 284 g/mol. The largest absolute Gasteiger partial charge is 0.496 e. The third-order valence-electron chi connectivity index (χ3n) is 2.39. The van der Waals surface area contributed by atoms with Crippen molar-refractivity contribution in [2.75, 3.05) is 13.7 Å². The van der Waals surface area contributed by atoms with Gasteiger partial charge in [0.15, 0.2) is 0 Å². The molecule has 0 saturated carbocycles. The molecule has 0 spiro atoms. The van der Waals surface area contributed by atoms with E-state index < -0.39 is 0 Å². The van der Waals surface area contributed by atoms with Crippen molar-refractivity contribution in [3.63, 3.8) is 0 Å². The Hall–Kier alpha value is -0.800. The monoisotopic (exact) mass is 283 g/mol. The molecule has 0 saturated heterocycles. The SMILES string of the molecule is C=C(C)CNC(C)c1ccc(OC)c(Br)c1. The highest BCUT2D eigenvalue weighted by Gasteiger charge is 2.07.